The van der Waals surface area contributed by atoms with E-state index in [2.05, 4.69) is 68.4 Å². The molecular formula is C44H74O12. The van der Waals surface area contributed by atoms with E-state index in [1.54, 1.807) is 0 Å². The van der Waals surface area contributed by atoms with Crippen LogP contribution in [-0.4, -0.2) is 128 Å². The van der Waals surface area contributed by atoms with Crippen molar-refractivity contribution < 1.29 is 59.4 Å². The fraction of sp³-hybridized carbons (Fsp3) is 0.955. The van der Waals surface area contributed by atoms with Crippen LogP contribution in [-0.2, 0) is 23.7 Å². The van der Waals surface area contributed by atoms with Crippen molar-refractivity contribution in [2.45, 2.75) is 206 Å². The van der Waals surface area contributed by atoms with Crippen molar-refractivity contribution in [3.05, 3.63) is 11.6 Å². The molecular weight excluding hydrogens is 720 g/mol. The third-order valence-corrected chi connectivity index (χ3v) is 17.9. The Kier molecular flexibility index (Phi) is 11.2. The summed E-state index contributed by atoms with van der Waals surface area (Å²) in [6, 6.07) is 0. The average Bonchev–Trinajstić information content (AvgIpc) is 3.32. The van der Waals surface area contributed by atoms with E-state index < -0.39 is 84.6 Å². The third kappa shape index (κ3) is 6.11. The largest absolute Gasteiger partial charge is 0.394 e. The lowest BCUT2D eigenvalue weighted by Crippen LogP contribution is -2.73. The second-order valence-electron chi connectivity index (χ2n) is 21.2. The molecule has 2 saturated heterocycles. The van der Waals surface area contributed by atoms with Gasteiger partial charge in [0.15, 0.2) is 18.2 Å². The number of aliphatic hydroxyl groups is 7. The van der Waals surface area contributed by atoms with Crippen LogP contribution in [0.15, 0.2) is 11.6 Å². The van der Waals surface area contributed by atoms with Crippen LogP contribution in [0.1, 0.15) is 127 Å². The Morgan fingerprint density at radius 1 is 0.893 bits per heavy atom. The SMILES string of the molecule is CCO[C@@H]1C[C@@H]2[C@@]3(C)CC[C@H](O)C(C)(C)[C@@H]3[C@@H](O[C@@H]3OC(CO)[C@@H](O)CC3O[C@@H]3OC4[C@H](O)C4(O)C3O)C[C@@]2(C)[C@]2(C)CC[C@H]([C@@](C)(O)CCC=C(C)C)[C@@]12C. The number of fused-ring (bicyclic) bond motifs is 6. The first kappa shape index (κ1) is 43.4. The molecule has 56 heavy (non-hydrogen) atoms. The van der Waals surface area contributed by atoms with Gasteiger partial charge in [0, 0.05) is 18.4 Å². The number of allylic oxidation sites excluding steroid dienone is 2. The van der Waals surface area contributed by atoms with E-state index in [1.165, 1.54) is 5.57 Å². The summed E-state index contributed by atoms with van der Waals surface area (Å²) in [5.41, 5.74) is -3.30. The van der Waals surface area contributed by atoms with Gasteiger partial charge in [-0.3, -0.25) is 0 Å². The molecule has 12 heteroatoms. The average molecular weight is 795 g/mol. The molecule has 322 valence electrons. The Bertz CT molecular complexity index is 1480. The van der Waals surface area contributed by atoms with Crippen molar-refractivity contribution in [2.75, 3.05) is 13.2 Å². The Balaban J connectivity index is 1.27. The smallest absolute Gasteiger partial charge is 0.187 e. The van der Waals surface area contributed by atoms with E-state index in [0.717, 1.165) is 32.1 Å². The first-order valence-electron chi connectivity index (χ1n) is 21.6. The molecule has 5 unspecified atom stereocenters. The molecule has 0 radical (unpaired) electrons. The van der Waals surface area contributed by atoms with E-state index >= 15 is 0 Å². The lowest BCUT2D eigenvalue weighted by molar-refractivity contribution is -0.356. The molecule has 20 atom stereocenters. The topological polar surface area (TPSA) is 188 Å². The fourth-order valence-corrected chi connectivity index (χ4v) is 14.6. The zero-order valence-corrected chi connectivity index (χ0v) is 35.6. The third-order valence-electron chi connectivity index (χ3n) is 17.9. The zero-order chi connectivity index (χ0) is 41.2. The van der Waals surface area contributed by atoms with E-state index in [1.807, 2.05) is 6.92 Å². The van der Waals surface area contributed by atoms with Crippen LogP contribution in [0.2, 0.25) is 0 Å². The van der Waals surface area contributed by atoms with Gasteiger partial charge in [-0.2, -0.15) is 0 Å². The van der Waals surface area contributed by atoms with Crippen molar-refractivity contribution in [3.63, 3.8) is 0 Å². The molecule has 0 spiro atoms. The van der Waals surface area contributed by atoms with Crippen LogP contribution < -0.4 is 0 Å². The monoisotopic (exact) mass is 795 g/mol. The summed E-state index contributed by atoms with van der Waals surface area (Å²) in [6.07, 6.45) is -1.73. The first-order valence-corrected chi connectivity index (χ1v) is 21.6. The molecule has 5 aliphatic carbocycles. The van der Waals surface area contributed by atoms with Crippen molar-refractivity contribution in [3.8, 4) is 0 Å². The number of ether oxygens (including phenoxy) is 5. The molecule has 2 aliphatic heterocycles. The zero-order valence-electron chi connectivity index (χ0n) is 35.6. The van der Waals surface area contributed by atoms with Crippen LogP contribution in [0.4, 0.5) is 0 Å². The molecule has 0 aromatic heterocycles. The van der Waals surface area contributed by atoms with Gasteiger partial charge < -0.3 is 59.4 Å². The highest BCUT2D eigenvalue weighted by Crippen LogP contribution is 2.80. The second kappa shape index (κ2) is 14.4. The summed E-state index contributed by atoms with van der Waals surface area (Å²) in [6.45, 7) is 22.3. The molecule has 0 aromatic rings. The Morgan fingerprint density at radius 3 is 2.18 bits per heavy atom. The van der Waals surface area contributed by atoms with Gasteiger partial charge in [0.25, 0.3) is 0 Å². The van der Waals surface area contributed by atoms with Crippen LogP contribution >= 0.6 is 0 Å². The predicted molar refractivity (Wildman–Crippen MR) is 207 cm³/mol. The van der Waals surface area contributed by atoms with E-state index in [0.29, 0.717) is 25.9 Å². The van der Waals surface area contributed by atoms with Gasteiger partial charge in [-0.15, -0.1) is 0 Å². The quantitative estimate of drug-likeness (QED) is 0.118. The van der Waals surface area contributed by atoms with Crippen LogP contribution in [0.5, 0.6) is 0 Å². The maximum atomic E-state index is 12.4. The minimum atomic E-state index is -1.82. The minimum absolute atomic E-state index is 0.00181. The predicted octanol–water partition coefficient (Wildman–Crippen LogP) is 3.97. The summed E-state index contributed by atoms with van der Waals surface area (Å²) >= 11 is 0. The first-order chi connectivity index (χ1) is 26.0. The molecule has 7 N–H and O–H groups in total. The van der Waals surface area contributed by atoms with Crippen LogP contribution in [0.25, 0.3) is 0 Å². The molecule has 12 nitrogen and oxygen atoms in total. The normalized spacial score (nSPS) is 54.3. The second-order valence-corrected chi connectivity index (χ2v) is 21.2. The van der Waals surface area contributed by atoms with E-state index in [4.69, 9.17) is 23.7 Å². The van der Waals surface area contributed by atoms with Crippen molar-refractivity contribution in [1.29, 1.82) is 0 Å². The standard InChI is InChI=1S/C44H74O12/c1-11-52-31-20-29-39(6)17-15-30(47)38(4,5)32(39)26(21-40(29,7)42(9)18-14-28(43(31,42)10)41(8,50)16-12-13-23(2)3)54-36-25(19-24(46)27(22-45)55-36)53-37-34(49)44(51)33(48)35(44)56-37/h13,24-37,45-51H,11-12,14-22H2,1-10H3/t24-,25?,26-,27?,28+,29+,30-,31+,32-,33-,34?,35?,36+,37+,39+,40+,41-,42-,43-,44?/m0/s1. The maximum absolute atomic E-state index is 12.4. The van der Waals surface area contributed by atoms with Crippen molar-refractivity contribution in [1.82, 2.24) is 0 Å². The van der Waals surface area contributed by atoms with Gasteiger partial charge in [0.1, 0.15) is 30.5 Å². The van der Waals surface area contributed by atoms with Gasteiger partial charge >= 0.3 is 0 Å². The highest BCUT2D eigenvalue weighted by molar-refractivity contribution is 5.26. The molecule has 0 bridgehead atoms. The van der Waals surface area contributed by atoms with Gasteiger partial charge in [-0.05, 0) is 118 Å². The molecule has 7 rings (SSSR count). The van der Waals surface area contributed by atoms with Gasteiger partial charge in [0.05, 0.1) is 36.6 Å². The maximum Gasteiger partial charge on any atom is 0.187 e. The molecule has 5 saturated carbocycles. The van der Waals surface area contributed by atoms with Crippen LogP contribution in [0, 0.1) is 44.8 Å². The molecule has 0 amide bonds. The Hall–Kier alpha value is -0.740. The Morgan fingerprint density at radius 2 is 1.57 bits per heavy atom. The van der Waals surface area contributed by atoms with Gasteiger partial charge in [0.2, 0.25) is 0 Å². The van der Waals surface area contributed by atoms with Crippen LogP contribution in [0.3, 0.4) is 0 Å². The molecule has 2 heterocycles. The van der Waals surface area contributed by atoms with Gasteiger partial charge in [-0.25, -0.2) is 0 Å². The summed E-state index contributed by atoms with van der Waals surface area (Å²) in [5.74, 6) is 0.0814. The number of hydrogen-bond acceptors (Lipinski definition) is 12. The highest BCUT2D eigenvalue weighted by Gasteiger charge is 2.79. The summed E-state index contributed by atoms with van der Waals surface area (Å²) in [5, 5.41) is 77.2. The number of hydrogen-bond donors (Lipinski definition) is 7. The van der Waals surface area contributed by atoms with E-state index in [-0.39, 0.29) is 51.9 Å². The summed E-state index contributed by atoms with van der Waals surface area (Å²) in [4.78, 5) is 0. The highest BCUT2D eigenvalue weighted by atomic mass is 16.8. The fourth-order valence-electron chi connectivity index (χ4n) is 14.6. The molecule has 0 aromatic carbocycles. The number of rotatable bonds is 11. The summed E-state index contributed by atoms with van der Waals surface area (Å²) < 4.78 is 32.5. The number of aliphatic hydroxyl groups excluding tert-OH is 5. The lowest BCUT2D eigenvalue weighted by Gasteiger charge is -2.74. The van der Waals surface area contributed by atoms with E-state index in [9.17, 15) is 35.7 Å². The summed E-state index contributed by atoms with van der Waals surface area (Å²) in [7, 11) is 0. The molecule has 7 fully saturated rings. The molecule has 7 aliphatic rings. The minimum Gasteiger partial charge on any atom is -0.394 e. The van der Waals surface area contributed by atoms with Gasteiger partial charge in [-0.1, -0.05) is 53.2 Å². The Labute approximate surface area is 334 Å². The van der Waals surface area contributed by atoms with Crippen molar-refractivity contribution in [2.24, 2.45) is 44.8 Å². The van der Waals surface area contributed by atoms with Crippen molar-refractivity contribution >= 4 is 0 Å². The lowest BCUT2D eigenvalue weighted by atomic mass is 9.32.